The Morgan fingerprint density at radius 1 is 1.24 bits per heavy atom. The van der Waals surface area contributed by atoms with Gasteiger partial charge in [-0.2, -0.15) is 0 Å². The van der Waals surface area contributed by atoms with E-state index in [1.807, 2.05) is 12.3 Å². The molecule has 112 valence electrons. The van der Waals surface area contributed by atoms with Gasteiger partial charge < -0.3 is 10.1 Å². The van der Waals surface area contributed by atoms with Gasteiger partial charge in [0, 0.05) is 24.0 Å². The van der Waals surface area contributed by atoms with Crippen molar-refractivity contribution < 1.29 is 4.74 Å². The lowest BCUT2D eigenvalue weighted by Crippen LogP contribution is -2.47. The van der Waals surface area contributed by atoms with Crippen LogP contribution in [-0.4, -0.2) is 23.1 Å². The van der Waals surface area contributed by atoms with Crippen molar-refractivity contribution in [3.05, 3.63) is 29.2 Å². The molecule has 0 spiro atoms. The van der Waals surface area contributed by atoms with Gasteiger partial charge in [0.15, 0.2) is 0 Å². The van der Waals surface area contributed by atoms with Crippen LogP contribution in [0.4, 0.5) is 0 Å². The van der Waals surface area contributed by atoms with Gasteiger partial charge in [0.05, 0.1) is 12.5 Å². The molecule has 2 aromatic heterocycles. The molecule has 1 aliphatic carbocycles. The maximum Gasteiger partial charge on any atom is 0.222 e. The van der Waals surface area contributed by atoms with Crippen molar-refractivity contribution in [3.63, 3.8) is 0 Å². The van der Waals surface area contributed by atoms with Gasteiger partial charge in [-0.1, -0.05) is 18.0 Å². The summed E-state index contributed by atoms with van der Waals surface area (Å²) in [6, 6.07) is 2.48. The highest BCUT2D eigenvalue weighted by atomic mass is 35.5. The Kier molecular flexibility index (Phi) is 3.76. The average Bonchev–Trinajstić information content (AvgIpc) is 2.41. The lowest BCUT2D eigenvalue weighted by Gasteiger charge is -2.37. The zero-order valence-electron chi connectivity index (χ0n) is 12.6. The lowest BCUT2D eigenvalue weighted by molar-refractivity contribution is 0.255. The van der Waals surface area contributed by atoms with Gasteiger partial charge in [-0.05, 0) is 43.7 Å². The molecule has 5 heteroatoms. The molecule has 0 bridgehead atoms. The van der Waals surface area contributed by atoms with Crippen molar-refractivity contribution >= 4 is 22.4 Å². The molecule has 0 aromatic carbocycles. The molecule has 1 saturated carbocycles. The van der Waals surface area contributed by atoms with Crippen LogP contribution in [0.3, 0.4) is 0 Å². The standard InChI is InChI=1S/C16H20ClN3O/c1-16(2,20-10-5-4-6-10)13-9-19-15(21-3)12-8-18-14(17)7-11(12)13/h7-10,20H,4-6H2,1-3H3. The monoisotopic (exact) mass is 305 g/mol. The Hall–Kier alpha value is -1.39. The molecule has 4 nitrogen and oxygen atoms in total. The first-order valence-corrected chi connectivity index (χ1v) is 7.65. The molecule has 0 amide bonds. The van der Waals surface area contributed by atoms with Gasteiger partial charge in [0.25, 0.3) is 0 Å². The van der Waals surface area contributed by atoms with E-state index in [1.54, 1.807) is 13.3 Å². The Morgan fingerprint density at radius 2 is 2.00 bits per heavy atom. The molecule has 0 radical (unpaired) electrons. The van der Waals surface area contributed by atoms with Crippen LogP contribution in [-0.2, 0) is 5.54 Å². The zero-order chi connectivity index (χ0) is 15.0. The zero-order valence-corrected chi connectivity index (χ0v) is 13.4. The molecule has 0 atom stereocenters. The van der Waals surface area contributed by atoms with E-state index in [1.165, 1.54) is 19.3 Å². The minimum atomic E-state index is -0.173. The third-order valence-electron chi connectivity index (χ3n) is 4.24. The van der Waals surface area contributed by atoms with Crippen LogP contribution in [0.25, 0.3) is 10.8 Å². The fourth-order valence-electron chi connectivity index (χ4n) is 2.89. The molecule has 0 unspecified atom stereocenters. The molecule has 1 fully saturated rings. The van der Waals surface area contributed by atoms with E-state index < -0.39 is 0 Å². The first-order chi connectivity index (χ1) is 10.0. The predicted octanol–water partition coefficient (Wildman–Crippen LogP) is 3.67. The summed E-state index contributed by atoms with van der Waals surface area (Å²) >= 11 is 6.09. The second-order valence-corrected chi connectivity index (χ2v) is 6.52. The third-order valence-corrected chi connectivity index (χ3v) is 4.45. The Labute approximate surface area is 129 Å². The predicted molar refractivity (Wildman–Crippen MR) is 84.9 cm³/mol. The fraction of sp³-hybridized carbons (Fsp3) is 0.500. The highest BCUT2D eigenvalue weighted by Crippen LogP contribution is 2.34. The van der Waals surface area contributed by atoms with Crippen molar-refractivity contribution in [1.29, 1.82) is 0 Å². The van der Waals surface area contributed by atoms with Crippen LogP contribution in [0.2, 0.25) is 5.15 Å². The number of pyridine rings is 2. The number of hydrogen-bond acceptors (Lipinski definition) is 4. The molecule has 3 rings (SSSR count). The maximum absolute atomic E-state index is 6.09. The number of fused-ring (bicyclic) bond motifs is 1. The molecule has 2 aromatic rings. The largest absolute Gasteiger partial charge is 0.481 e. The number of methoxy groups -OCH3 is 1. The molecular weight excluding hydrogens is 286 g/mol. The minimum Gasteiger partial charge on any atom is -0.481 e. The summed E-state index contributed by atoms with van der Waals surface area (Å²) in [5.41, 5.74) is 0.947. The quantitative estimate of drug-likeness (QED) is 0.876. The maximum atomic E-state index is 6.09. The lowest BCUT2D eigenvalue weighted by atomic mass is 9.86. The molecule has 0 aliphatic heterocycles. The second kappa shape index (κ2) is 5.43. The van der Waals surface area contributed by atoms with Crippen molar-refractivity contribution in [2.75, 3.05) is 7.11 Å². The average molecular weight is 306 g/mol. The van der Waals surface area contributed by atoms with Gasteiger partial charge in [-0.15, -0.1) is 0 Å². The summed E-state index contributed by atoms with van der Waals surface area (Å²) in [5, 5.41) is 6.13. The summed E-state index contributed by atoms with van der Waals surface area (Å²) in [4.78, 5) is 8.58. The van der Waals surface area contributed by atoms with Crippen LogP contribution in [0.1, 0.15) is 38.7 Å². The van der Waals surface area contributed by atoms with Crippen molar-refractivity contribution in [1.82, 2.24) is 15.3 Å². The van der Waals surface area contributed by atoms with Crippen molar-refractivity contribution in [2.24, 2.45) is 0 Å². The second-order valence-electron chi connectivity index (χ2n) is 6.13. The number of hydrogen-bond donors (Lipinski definition) is 1. The molecule has 1 aliphatic rings. The number of halogens is 1. The van der Waals surface area contributed by atoms with Crippen LogP contribution in [0, 0.1) is 0 Å². The Balaban J connectivity index is 2.10. The molecule has 21 heavy (non-hydrogen) atoms. The third kappa shape index (κ3) is 2.70. The summed E-state index contributed by atoms with van der Waals surface area (Å²) in [7, 11) is 1.62. The van der Waals surface area contributed by atoms with E-state index in [0.29, 0.717) is 17.1 Å². The number of rotatable bonds is 4. The van der Waals surface area contributed by atoms with E-state index in [0.717, 1.165) is 16.3 Å². The van der Waals surface area contributed by atoms with Crippen molar-refractivity contribution in [2.45, 2.75) is 44.7 Å². The summed E-state index contributed by atoms with van der Waals surface area (Å²) in [5.74, 6) is 0.581. The number of ether oxygens (including phenoxy) is 1. The summed E-state index contributed by atoms with van der Waals surface area (Å²) < 4.78 is 5.33. The molecule has 1 N–H and O–H groups in total. The Morgan fingerprint density at radius 3 is 2.62 bits per heavy atom. The molecule has 2 heterocycles. The van der Waals surface area contributed by atoms with Crippen LogP contribution in [0.5, 0.6) is 5.88 Å². The smallest absolute Gasteiger partial charge is 0.222 e. The number of aromatic nitrogens is 2. The summed E-state index contributed by atoms with van der Waals surface area (Å²) in [6.45, 7) is 4.37. The van der Waals surface area contributed by atoms with Gasteiger partial charge in [-0.3, -0.25) is 0 Å². The first-order valence-electron chi connectivity index (χ1n) is 7.27. The van der Waals surface area contributed by atoms with E-state index in [-0.39, 0.29) is 5.54 Å². The SMILES string of the molecule is COc1ncc(C(C)(C)NC2CCC2)c2cc(Cl)ncc12. The van der Waals surface area contributed by atoms with E-state index in [4.69, 9.17) is 16.3 Å². The number of nitrogens with zero attached hydrogens (tertiary/aromatic N) is 2. The van der Waals surface area contributed by atoms with Gasteiger partial charge in [0.2, 0.25) is 5.88 Å². The van der Waals surface area contributed by atoms with E-state index >= 15 is 0 Å². The topological polar surface area (TPSA) is 47.0 Å². The van der Waals surface area contributed by atoms with E-state index in [9.17, 15) is 0 Å². The van der Waals surface area contributed by atoms with Crippen LogP contribution >= 0.6 is 11.6 Å². The van der Waals surface area contributed by atoms with Crippen molar-refractivity contribution in [3.8, 4) is 5.88 Å². The minimum absolute atomic E-state index is 0.173. The molecular formula is C16H20ClN3O. The molecule has 0 saturated heterocycles. The highest BCUT2D eigenvalue weighted by molar-refractivity contribution is 6.30. The van der Waals surface area contributed by atoms with Crippen LogP contribution in [0.15, 0.2) is 18.5 Å². The van der Waals surface area contributed by atoms with Gasteiger partial charge in [0.1, 0.15) is 5.15 Å². The Bertz CT molecular complexity index is 668. The van der Waals surface area contributed by atoms with E-state index in [2.05, 4.69) is 29.1 Å². The fourth-order valence-corrected chi connectivity index (χ4v) is 3.04. The number of nitrogens with one attached hydrogen (secondary N) is 1. The highest BCUT2D eigenvalue weighted by Gasteiger charge is 2.29. The van der Waals surface area contributed by atoms with Crippen LogP contribution < -0.4 is 10.1 Å². The normalized spacial score (nSPS) is 16.0. The van der Waals surface area contributed by atoms with Gasteiger partial charge in [-0.25, -0.2) is 9.97 Å². The van der Waals surface area contributed by atoms with Gasteiger partial charge >= 0.3 is 0 Å². The first kappa shape index (κ1) is 14.5. The summed E-state index contributed by atoms with van der Waals surface area (Å²) in [6.07, 6.45) is 7.40.